The molecule has 2 aromatic carbocycles. The van der Waals surface area contributed by atoms with Crippen LogP contribution in [0.2, 0.25) is 0 Å². The molecule has 0 unspecified atom stereocenters. The number of ketones is 1. The van der Waals surface area contributed by atoms with Gasteiger partial charge in [0.1, 0.15) is 5.76 Å². The molecule has 0 bridgehead atoms. The topological polar surface area (TPSA) is 50.2 Å². The van der Waals surface area contributed by atoms with E-state index in [4.69, 9.17) is 4.98 Å². The number of aliphatic hydroxyl groups is 1. The van der Waals surface area contributed by atoms with Gasteiger partial charge in [-0.2, -0.15) is 0 Å². The predicted octanol–water partition coefficient (Wildman–Crippen LogP) is 12.3. The Morgan fingerprint density at radius 3 is 1.98 bits per heavy atom. The number of allylic oxidation sites excluding steroid dienone is 2. The molecule has 0 aliphatic carbocycles. The van der Waals surface area contributed by atoms with Gasteiger partial charge < -0.3 is 5.11 Å². The van der Waals surface area contributed by atoms with Crippen LogP contribution in [0.5, 0.6) is 0 Å². The van der Waals surface area contributed by atoms with E-state index in [0.717, 1.165) is 48.9 Å². The molecule has 0 aliphatic rings. The molecule has 5 heteroatoms. The van der Waals surface area contributed by atoms with Gasteiger partial charge in [-0.05, 0) is 92.6 Å². The monoisotopic (exact) mass is 819 g/mol. The molecule has 253 valence electrons. The van der Waals surface area contributed by atoms with Gasteiger partial charge in [-0.25, -0.2) is 0 Å². The fourth-order valence-electron chi connectivity index (χ4n) is 5.99. The molecule has 0 atom stereocenters. The molecule has 2 aromatic heterocycles. The number of hydrogen-bond donors (Lipinski definition) is 1. The number of aromatic nitrogens is 1. The molecule has 4 aromatic rings. The van der Waals surface area contributed by atoms with E-state index in [-0.39, 0.29) is 42.5 Å². The summed E-state index contributed by atoms with van der Waals surface area (Å²) < 4.78 is 1.39. The molecule has 0 saturated carbocycles. The van der Waals surface area contributed by atoms with E-state index in [9.17, 15) is 9.90 Å². The van der Waals surface area contributed by atoms with E-state index in [0.29, 0.717) is 5.92 Å². The summed E-state index contributed by atoms with van der Waals surface area (Å²) in [5.41, 5.74) is 9.11. The third-order valence-corrected chi connectivity index (χ3v) is 11.3. The minimum Gasteiger partial charge on any atom is -0.512 e. The molecule has 0 spiro atoms. The molecular weight excluding hydrogens is 763 g/mol. The summed E-state index contributed by atoms with van der Waals surface area (Å²) in [4.78, 5) is 18.9. The first-order valence-corrected chi connectivity index (χ1v) is 17.6. The SMILES string of the molecule is CCC(C)(CC)C(=O)/C=C(\O)C(C)(CC)CC.Cc1[c-]c(-c2nc3cc(C)cc(C)c3c3sc(CC(C)C)c(C)c23)cc(C)c1.[Ir]. The first kappa shape index (κ1) is 39.8. The third-order valence-electron chi connectivity index (χ3n) is 10.00. The van der Waals surface area contributed by atoms with Crippen LogP contribution < -0.4 is 0 Å². The maximum absolute atomic E-state index is 12.2. The summed E-state index contributed by atoms with van der Waals surface area (Å²) in [5.74, 6) is 0.930. The Balaban J connectivity index is 0.000000356. The Morgan fingerprint density at radius 1 is 0.891 bits per heavy atom. The fraction of sp³-hybridized carbons (Fsp3) is 0.512. The Labute approximate surface area is 296 Å². The van der Waals surface area contributed by atoms with Crippen LogP contribution in [0, 0.1) is 57.4 Å². The third kappa shape index (κ3) is 8.57. The number of pyridine rings is 1. The van der Waals surface area contributed by atoms with Crippen molar-refractivity contribution in [1.82, 2.24) is 4.98 Å². The Kier molecular flexibility index (Phi) is 14.0. The van der Waals surface area contributed by atoms with Crippen molar-refractivity contribution >= 4 is 38.1 Å². The van der Waals surface area contributed by atoms with Crippen LogP contribution >= 0.6 is 11.3 Å². The molecule has 46 heavy (non-hydrogen) atoms. The van der Waals surface area contributed by atoms with Crippen molar-refractivity contribution in [2.24, 2.45) is 16.7 Å². The van der Waals surface area contributed by atoms with Gasteiger partial charge >= 0.3 is 0 Å². The number of nitrogens with zero attached hydrogens (tertiary/aromatic N) is 1. The van der Waals surface area contributed by atoms with Gasteiger partial charge in [0.2, 0.25) is 0 Å². The maximum atomic E-state index is 12.2. The molecule has 2 heterocycles. The Morgan fingerprint density at radius 2 is 1.46 bits per heavy atom. The van der Waals surface area contributed by atoms with E-state index in [2.05, 4.69) is 78.8 Å². The Bertz CT molecular complexity index is 1680. The van der Waals surface area contributed by atoms with Crippen molar-refractivity contribution in [3.05, 3.63) is 74.9 Å². The minimum absolute atomic E-state index is 0. The molecule has 0 amide bonds. The zero-order valence-electron chi connectivity index (χ0n) is 30.5. The molecule has 0 aliphatic heterocycles. The Hall–Kier alpha value is -2.33. The van der Waals surface area contributed by atoms with Gasteiger partial charge in [0, 0.05) is 52.0 Å². The summed E-state index contributed by atoms with van der Waals surface area (Å²) in [6, 6.07) is 12.5. The van der Waals surface area contributed by atoms with Crippen molar-refractivity contribution in [3.8, 4) is 11.3 Å². The number of hydrogen-bond acceptors (Lipinski definition) is 4. The summed E-state index contributed by atoms with van der Waals surface area (Å²) in [5, 5.41) is 12.8. The average molecular weight is 819 g/mol. The second-order valence-corrected chi connectivity index (χ2v) is 15.2. The summed E-state index contributed by atoms with van der Waals surface area (Å²) >= 11 is 1.97. The second-order valence-electron chi connectivity index (χ2n) is 14.1. The van der Waals surface area contributed by atoms with Crippen LogP contribution in [-0.2, 0) is 31.3 Å². The summed E-state index contributed by atoms with van der Waals surface area (Å²) in [7, 11) is 0. The van der Waals surface area contributed by atoms with E-state index in [1.54, 1.807) is 0 Å². The fourth-order valence-corrected chi connectivity index (χ4v) is 7.63. The number of benzene rings is 2. The smallest absolute Gasteiger partial charge is 0.164 e. The molecule has 1 N–H and O–H groups in total. The zero-order valence-corrected chi connectivity index (χ0v) is 33.8. The van der Waals surface area contributed by atoms with E-state index < -0.39 is 0 Å². The quantitative estimate of drug-likeness (QED) is 0.0985. The second kappa shape index (κ2) is 16.2. The number of thiophene rings is 1. The van der Waals surface area contributed by atoms with Crippen LogP contribution in [0.1, 0.15) is 114 Å². The van der Waals surface area contributed by atoms with E-state index in [1.807, 2.05) is 52.9 Å². The average Bonchev–Trinajstić information content (AvgIpc) is 3.29. The molecule has 0 fully saturated rings. The van der Waals surface area contributed by atoms with Gasteiger partial charge in [0.25, 0.3) is 0 Å². The van der Waals surface area contributed by atoms with Gasteiger partial charge in [-0.1, -0.05) is 75.3 Å². The van der Waals surface area contributed by atoms with Crippen molar-refractivity contribution in [2.75, 3.05) is 0 Å². The van der Waals surface area contributed by atoms with Crippen molar-refractivity contribution < 1.29 is 30.0 Å². The van der Waals surface area contributed by atoms with Crippen LogP contribution in [0.3, 0.4) is 0 Å². The molecule has 3 nitrogen and oxygen atoms in total. The standard InChI is InChI=1S/C26H28NS.C15H28O2.Ir/c1-14(2)8-22-19(7)24-25(20-11-15(3)9-16(4)12-20)27-21-13-17(5)10-18(6)23(21)26(24)28-22;1-7-14(5,8-2)12(16)11-13(17)15(6,9-3)10-4;/h9-11,13-14H,8H2,1-7H3;11,16H,7-10H2,1-6H3;/q-1;;/b;12-11-;. The van der Waals surface area contributed by atoms with Gasteiger partial charge in [-0.3, -0.25) is 9.78 Å². The number of aliphatic hydroxyl groups excluding tert-OH is 1. The van der Waals surface area contributed by atoms with Gasteiger partial charge in [0.05, 0.1) is 5.52 Å². The summed E-state index contributed by atoms with van der Waals surface area (Å²) in [6.07, 6.45) is 5.87. The van der Waals surface area contributed by atoms with Crippen molar-refractivity contribution in [3.63, 3.8) is 0 Å². The maximum Gasteiger partial charge on any atom is 0.164 e. The van der Waals surface area contributed by atoms with E-state index >= 15 is 0 Å². The first-order valence-electron chi connectivity index (χ1n) is 16.8. The summed E-state index contributed by atoms with van der Waals surface area (Å²) in [6.45, 7) is 27.6. The van der Waals surface area contributed by atoms with Crippen molar-refractivity contribution in [1.29, 1.82) is 0 Å². The zero-order chi connectivity index (χ0) is 33.9. The largest absolute Gasteiger partial charge is 0.512 e. The molecule has 0 saturated heterocycles. The molecular formula is C41H56IrNO2S-. The molecule has 1 radical (unpaired) electrons. The van der Waals surface area contributed by atoms with Crippen LogP contribution in [0.25, 0.3) is 32.2 Å². The minimum atomic E-state index is -0.337. The van der Waals surface area contributed by atoms with E-state index in [1.165, 1.54) is 54.2 Å². The van der Waals surface area contributed by atoms with Gasteiger partial charge in [-0.15, -0.1) is 46.2 Å². The van der Waals surface area contributed by atoms with Gasteiger partial charge in [0.15, 0.2) is 5.78 Å². The van der Waals surface area contributed by atoms with Crippen molar-refractivity contribution in [2.45, 2.75) is 122 Å². The number of carbonyl (C=O) groups excluding carboxylic acids is 1. The number of aryl methyl sites for hydroxylation is 5. The number of carbonyl (C=O) groups is 1. The number of rotatable bonds is 10. The first-order chi connectivity index (χ1) is 21.0. The predicted molar refractivity (Wildman–Crippen MR) is 197 cm³/mol. The molecule has 4 rings (SSSR count). The number of fused-ring (bicyclic) bond motifs is 3. The normalized spacial score (nSPS) is 12.3. The van der Waals surface area contributed by atoms with Crippen LogP contribution in [-0.4, -0.2) is 15.9 Å². The van der Waals surface area contributed by atoms with Crippen LogP contribution in [0.4, 0.5) is 0 Å². The van der Waals surface area contributed by atoms with Crippen LogP contribution in [0.15, 0.2) is 36.1 Å².